The molecule has 1 aromatic rings. The highest BCUT2D eigenvalue weighted by Gasteiger charge is 2.20. The lowest BCUT2D eigenvalue weighted by atomic mass is 10.3. The van der Waals surface area contributed by atoms with Crippen LogP contribution in [-0.2, 0) is 13.6 Å². The number of likely N-dealkylation sites (tertiary alicyclic amines) is 1. The summed E-state index contributed by atoms with van der Waals surface area (Å²) in [6.45, 7) is 2.51. The van der Waals surface area contributed by atoms with Crippen molar-refractivity contribution in [1.82, 2.24) is 19.9 Å². The van der Waals surface area contributed by atoms with Crippen LogP contribution in [0.4, 0.5) is 0 Å². The van der Waals surface area contributed by atoms with Gasteiger partial charge >= 0.3 is 0 Å². The van der Waals surface area contributed by atoms with Gasteiger partial charge in [0.25, 0.3) is 0 Å². The SMILES string of the molecule is Cn1cc(CN2CC[C@@H](O)C2)nn1. The van der Waals surface area contributed by atoms with Crippen LogP contribution in [-0.4, -0.2) is 44.2 Å². The van der Waals surface area contributed by atoms with Crippen LogP contribution >= 0.6 is 0 Å². The molecule has 0 unspecified atom stereocenters. The molecule has 13 heavy (non-hydrogen) atoms. The van der Waals surface area contributed by atoms with Crippen LogP contribution in [0.25, 0.3) is 0 Å². The Hall–Kier alpha value is -0.940. The van der Waals surface area contributed by atoms with E-state index in [4.69, 9.17) is 0 Å². The van der Waals surface area contributed by atoms with E-state index in [0.717, 1.165) is 31.7 Å². The topological polar surface area (TPSA) is 54.2 Å². The lowest BCUT2D eigenvalue weighted by molar-refractivity contribution is 0.174. The highest BCUT2D eigenvalue weighted by molar-refractivity contribution is 4.93. The summed E-state index contributed by atoms with van der Waals surface area (Å²) in [5, 5.41) is 17.1. The van der Waals surface area contributed by atoms with Crippen LogP contribution < -0.4 is 0 Å². The van der Waals surface area contributed by atoms with Crippen molar-refractivity contribution in [2.24, 2.45) is 7.05 Å². The number of aliphatic hydroxyl groups excluding tert-OH is 1. The number of aryl methyl sites for hydroxylation is 1. The fraction of sp³-hybridized carbons (Fsp3) is 0.750. The van der Waals surface area contributed by atoms with Gasteiger partial charge in [0.05, 0.1) is 11.8 Å². The third-order valence-electron chi connectivity index (χ3n) is 2.28. The standard InChI is InChI=1S/C8H14N4O/c1-11-4-7(9-10-11)5-12-3-2-8(13)6-12/h4,8,13H,2-3,5-6H2,1H3/t8-/m1/s1. The summed E-state index contributed by atoms with van der Waals surface area (Å²) in [6.07, 6.45) is 2.63. The molecule has 0 spiro atoms. The van der Waals surface area contributed by atoms with Gasteiger partial charge in [0.2, 0.25) is 0 Å². The van der Waals surface area contributed by atoms with E-state index in [2.05, 4.69) is 15.2 Å². The molecule has 1 saturated heterocycles. The second-order valence-electron chi connectivity index (χ2n) is 3.56. The first-order chi connectivity index (χ1) is 6.24. The van der Waals surface area contributed by atoms with Crippen molar-refractivity contribution in [2.45, 2.75) is 19.1 Å². The molecule has 5 nitrogen and oxygen atoms in total. The van der Waals surface area contributed by atoms with Crippen LogP contribution in [0.5, 0.6) is 0 Å². The summed E-state index contributed by atoms with van der Waals surface area (Å²) >= 11 is 0. The lowest BCUT2D eigenvalue weighted by Gasteiger charge is -2.11. The molecule has 1 atom stereocenters. The lowest BCUT2D eigenvalue weighted by Crippen LogP contribution is -2.21. The van der Waals surface area contributed by atoms with Crippen molar-refractivity contribution in [1.29, 1.82) is 0 Å². The number of nitrogens with zero attached hydrogens (tertiary/aromatic N) is 4. The van der Waals surface area contributed by atoms with Crippen molar-refractivity contribution in [3.05, 3.63) is 11.9 Å². The third kappa shape index (κ3) is 2.05. The van der Waals surface area contributed by atoms with Crippen molar-refractivity contribution in [3.63, 3.8) is 0 Å². The van der Waals surface area contributed by atoms with Gasteiger partial charge in [-0.25, -0.2) is 0 Å². The van der Waals surface area contributed by atoms with E-state index < -0.39 is 0 Å². The van der Waals surface area contributed by atoms with Crippen molar-refractivity contribution >= 4 is 0 Å². The predicted molar refractivity (Wildman–Crippen MR) is 46.9 cm³/mol. The highest BCUT2D eigenvalue weighted by Crippen LogP contribution is 2.11. The van der Waals surface area contributed by atoms with Crippen molar-refractivity contribution in [3.8, 4) is 0 Å². The maximum absolute atomic E-state index is 9.30. The van der Waals surface area contributed by atoms with Crippen LogP contribution in [0.1, 0.15) is 12.1 Å². The fourth-order valence-corrected chi connectivity index (χ4v) is 1.65. The normalized spacial score (nSPS) is 24.0. The van der Waals surface area contributed by atoms with Gasteiger partial charge in [-0.15, -0.1) is 5.10 Å². The molecule has 1 aromatic heterocycles. The third-order valence-corrected chi connectivity index (χ3v) is 2.28. The number of rotatable bonds is 2. The van der Waals surface area contributed by atoms with Gasteiger partial charge in [-0.2, -0.15) is 0 Å². The van der Waals surface area contributed by atoms with E-state index in [9.17, 15) is 5.11 Å². The molecular weight excluding hydrogens is 168 g/mol. The minimum Gasteiger partial charge on any atom is -0.392 e. The van der Waals surface area contributed by atoms with E-state index in [1.165, 1.54) is 0 Å². The minimum absolute atomic E-state index is 0.156. The summed E-state index contributed by atoms with van der Waals surface area (Å²) in [5.74, 6) is 0. The summed E-state index contributed by atoms with van der Waals surface area (Å²) in [6, 6.07) is 0. The molecule has 0 amide bonds. The van der Waals surface area contributed by atoms with Gasteiger partial charge in [-0.1, -0.05) is 5.21 Å². The predicted octanol–water partition coefficient (Wildman–Crippen LogP) is -0.618. The number of hydrogen-bond acceptors (Lipinski definition) is 4. The summed E-state index contributed by atoms with van der Waals surface area (Å²) in [4.78, 5) is 2.19. The molecule has 0 bridgehead atoms. The number of β-amino-alcohol motifs (C(OH)–C–C–N with tert-alkyl or cyclic N) is 1. The minimum atomic E-state index is -0.156. The number of hydrogen-bond donors (Lipinski definition) is 1. The van der Waals surface area contributed by atoms with Crippen LogP contribution in [0, 0.1) is 0 Å². The number of aromatic nitrogens is 3. The van der Waals surface area contributed by atoms with Gasteiger partial charge in [0.15, 0.2) is 0 Å². The molecule has 0 aromatic carbocycles. The molecule has 2 rings (SSSR count). The fourth-order valence-electron chi connectivity index (χ4n) is 1.65. The molecule has 72 valence electrons. The average Bonchev–Trinajstić information content (AvgIpc) is 2.62. The molecule has 1 aliphatic heterocycles. The van der Waals surface area contributed by atoms with E-state index in [-0.39, 0.29) is 6.10 Å². The zero-order chi connectivity index (χ0) is 9.26. The van der Waals surface area contributed by atoms with Crippen LogP contribution in [0.2, 0.25) is 0 Å². The molecule has 0 aliphatic carbocycles. The molecule has 1 aliphatic rings. The van der Waals surface area contributed by atoms with Gasteiger partial charge in [0, 0.05) is 32.9 Å². The quantitative estimate of drug-likeness (QED) is 0.662. The Morgan fingerprint density at radius 1 is 1.69 bits per heavy atom. The van der Waals surface area contributed by atoms with Crippen LogP contribution in [0.3, 0.4) is 0 Å². The maximum Gasteiger partial charge on any atom is 0.0967 e. The monoisotopic (exact) mass is 182 g/mol. The molecule has 1 N–H and O–H groups in total. The Bertz CT molecular complexity index is 285. The van der Waals surface area contributed by atoms with E-state index in [0.29, 0.717) is 0 Å². The molecule has 1 fully saturated rings. The van der Waals surface area contributed by atoms with Gasteiger partial charge in [0.1, 0.15) is 0 Å². The molecule has 0 saturated carbocycles. The average molecular weight is 182 g/mol. The Balaban J connectivity index is 1.91. The smallest absolute Gasteiger partial charge is 0.0967 e. The van der Waals surface area contributed by atoms with Gasteiger partial charge in [-0.05, 0) is 6.42 Å². The van der Waals surface area contributed by atoms with Crippen molar-refractivity contribution < 1.29 is 5.11 Å². The second-order valence-corrected chi connectivity index (χ2v) is 3.56. The zero-order valence-electron chi connectivity index (χ0n) is 7.72. The largest absolute Gasteiger partial charge is 0.392 e. The van der Waals surface area contributed by atoms with E-state index in [1.807, 2.05) is 13.2 Å². The highest BCUT2D eigenvalue weighted by atomic mass is 16.3. The summed E-state index contributed by atoms with van der Waals surface area (Å²) < 4.78 is 1.70. The van der Waals surface area contributed by atoms with Gasteiger partial charge in [-0.3, -0.25) is 9.58 Å². The van der Waals surface area contributed by atoms with Crippen molar-refractivity contribution in [2.75, 3.05) is 13.1 Å². The molecule has 2 heterocycles. The Labute approximate surface area is 77.0 Å². The first-order valence-electron chi connectivity index (χ1n) is 4.49. The van der Waals surface area contributed by atoms with E-state index >= 15 is 0 Å². The van der Waals surface area contributed by atoms with Crippen LogP contribution in [0.15, 0.2) is 6.20 Å². The summed E-state index contributed by atoms with van der Waals surface area (Å²) in [7, 11) is 1.86. The molecule has 0 radical (unpaired) electrons. The second kappa shape index (κ2) is 3.43. The first-order valence-corrected chi connectivity index (χ1v) is 4.49. The molecule has 5 heteroatoms. The Morgan fingerprint density at radius 3 is 3.08 bits per heavy atom. The van der Waals surface area contributed by atoms with Gasteiger partial charge < -0.3 is 5.11 Å². The summed E-state index contributed by atoms with van der Waals surface area (Å²) in [5.41, 5.74) is 0.969. The first kappa shape index (κ1) is 8.65. The maximum atomic E-state index is 9.30. The molecular formula is C8H14N4O. The van der Waals surface area contributed by atoms with E-state index in [1.54, 1.807) is 4.68 Å². The number of aliphatic hydroxyl groups is 1. The Morgan fingerprint density at radius 2 is 2.54 bits per heavy atom. The zero-order valence-corrected chi connectivity index (χ0v) is 7.72. The Kier molecular flexibility index (Phi) is 2.28.